The van der Waals surface area contributed by atoms with Crippen molar-refractivity contribution in [3.8, 4) is 5.75 Å². The summed E-state index contributed by atoms with van der Waals surface area (Å²) in [5.41, 5.74) is 1.18. The molecule has 1 heterocycles. The zero-order valence-corrected chi connectivity index (χ0v) is 12.0. The lowest BCUT2D eigenvalue weighted by Gasteiger charge is -2.33. The summed E-state index contributed by atoms with van der Waals surface area (Å²) in [6, 6.07) is 14.9. The van der Waals surface area contributed by atoms with Gasteiger partial charge in [-0.1, -0.05) is 18.2 Å². The van der Waals surface area contributed by atoms with Gasteiger partial charge in [0.2, 0.25) is 0 Å². The van der Waals surface area contributed by atoms with Crippen LogP contribution in [0.3, 0.4) is 0 Å². The van der Waals surface area contributed by atoms with E-state index in [0.717, 1.165) is 10.6 Å². The molecular weight excluding hydrogens is 273 g/mol. The Hall–Kier alpha value is -1.52. The van der Waals surface area contributed by atoms with E-state index >= 15 is 0 Å². The summed E-state index contributed by atoms with van der Waals surface area (Å²) in [5.74, 6) is 0.743. The van der Waals surface area contributed by atoms with E-state index in [2.05, 4.69) is 11.4 Å². The van der Waals surface area contributed by atoms with Crippen LogP contribution in [0.4, 0.5) is 4.39 Å². The number of halogens is 1. The zero-order valence-electron chi connectivity index (χ0n) is 11.2. The highest BCUT2D eigenvalue weighted by atomic mass is 32.2. The number of hydrogen-bond acceptors (Lipinski definition) is 3. The van der Waals surface area contributed by atoms with Crippen LogP contribution in [0, 0.1) is 5.82 Å². The van der Waals surface area contributed by atoms with Gasteiger partial charge in [-0.05, 0) is 37.4 Å². The minimum atomic E-state index is -0.204. The number of nitrogens with one attached hydrogen (secondary N) is 1. The molecule has 0 spiro atoms. The fourth-order valence-electron chi connectivity index (χ4n) is 2.47. The molecule has 104 valence electrons. The number of para-hydroxylation sites is 1. The molecule has 2 unspecified atom stereocenters. The lowest BCUT2D eigenvalue weighted by atomic mass is 10.0. The van der Waals surface area contributed by atoms with Gasteiger partial charge >= 0.3 is 0 Å². The molecule has 3 rings (SSSR count). The average Bonchev–Trinajstić information content (AvgIpc) is 2.49. The Morgan fingerprint density at radius 3 is 2.65 bits per heavy atom. The highest BCUT2D eigenvalue weighted by Crippen LogP contribution is 2.39. The van der Waals surface area contributed by atoms with E-state index in [9.17, 15) is 4.39 Å². The topological polar surface area (TPSA) is 21.3 Å². The number of rotatable bonds is 3. The van der Waals surface area contributed by atoms with Crippen molar-refractivity contribution in [1.29, 1.82) is 0 Å². The average molecular weight is 289 g/mol. The van der Waals surface area contributed by atoms with Gasteiger partial charge in [0.1, 0.15) is 18.2 Å². The largest absolute Gasteiger partial charge is 0.492 e. The van der Waals surface area contributed by atoms with Crippen molar-refractivity contribution in [1.82, 2.24) is 5.32 Å². The first-order chi connectivity index (χ1) is 9.78. The number of fused-ring (bicyclic) bond motifs is 1. The first-order valence-corrected chi connectivity index (χ1v) is 7.47. The minimum Gasteiger partial charge on any atom is -0.492 e. The summed E-state index contributed by atoms with van der Waals surface area (Å²) < 4.78 is 18.8. The van der Waals surface area contributed by atoms with Crippen molar-refractivity contribution < 1.29 is 9.13 Å². The monoisotopic (exact) mass is 289 g/mol. The van der Waals surface area contributed by atoms with Crippen LogP contribution in [0.1, 0.15) is 11.6 Å². The van der Waals surface area contributed by atoms with Gasteiger partial charge in [0, 0.05) is 10.5 Å². The molecule has 2 aromatic carbocycles. The third kappa shape index (κ3) is 2.67. The van der Waals surface area contributed by atoms with Gasteiger partial charge in [0.25, 0.3) is 0 Å². The summed E-state index contributed by atoms with van der Waals surface area (Å²) >= 11 is 1.72. The van der Waals surface area contributed by atoms with Crippen LogP contribution in [-0.4, -0.2) is 18.9 Å². The SMILES string of the molecule is CNC1c2ccccc2OCC1Sc1ccc(F)cc1. The maximum Gasteiger partial charge on any atom is 0.124 e. The number of hydrogen-bond donors (Lipinski definition) is 1. The number of ether oxygens (including phenoxy) is 1. The highest BCUT2D eigenvalue weighted by Gasteiger charge is 2.30. The van der Waals surface area contributed by atoms with Crippen molar-refractivity contribution in [3.63, 3.8) is 0 Å². The molecule has 2 nitrogen and oxygen atoms in total. The van der Waals surface area contributed by atoms with Gasteiger partial charge in [-0.25, -0.2) is 4.39 Å². The van der Waals surface area contributed by atoms with Gasteiger partial charge in [-0.2, -0.15) is 0 Å². The summed E-state index contributed by atoms with van der Waals surface area (Å²) in [6.45, 7) is 0.643. The molecule has 4 heteroatoms. The quantitative estimate of drug-likeness (QED) is 0.932. The Morgan fingerprint density at radius 2 is 1.90 bits per heavy atom. The first-order valence-electron chi connectivity index (χ1n) is 6.59. The molecule has 0 bridgehead atoms. The van der Waals surface area contributed by atoms with E-state index in [4.69, 9.17) is 4.74 Å². The van der Waals surface area contributed by atoms with E-state index < -0.39 is 0 Å². The summed E-state index contributed by atoms with van der Waals surface area (Å²) in [4.78, 5) is 1.06. The van der Waals surface area contributed by atoms with Crippen LogP contribution < -0.4 is 10.1 Å². The third-order valence-electron chi connectivity index (χ3n) is 3.44. The van der Waals surface area contributed by atoms with Gasteiger partial charge in [-0.3, -0.25) is 0 Å². The van der Waals surface area contributed by atoms with Gasteiger partial charge in [0.15, 0.2) is 0 Å². The molecule has 2 atom stereocenters. The second-order valence-corrected chi connectivity index (χ2v) is 6.04. The maximum atomic E-state index is 13.0. The Kier molecular flexibility index (Phi) is 3.94. The Bertz CT molecular complexity index is 587. The minimum absolute atomic E-state index is 0.204. The van der Waals surface area contributed by atoms with Crippen LogP contribution in [-0.2, 0) is 0 Å². The zero-order chi connectivity index (χ0) is 13.9. The van der Waals surface area contributed by atoms with Crippen LogP contribution in [0.2, 0.25) is 0 Å². The van der Waals surface area contributed by atoms with Gasteiger partial charge in [0.05, 0.1) is 11.3 Å². The van der Waals surface area contributed by atoms with E-state index in [1.807, 2.05) is 37.4 Å². The second kappa shape index (κ2) is 5.85. The first kappa shape index (κ1) is 13.5. The molecule has 0 aromatic heterocycles. The van der Waals surface area contributed by atoms with Crippen molar-refractivity contribution in [2.45, 2.75) is 16.2 Å². The third-order valence-corrected chi connectivity index (χ3v) is 4.70. The smallest absolute Gasteiger partial charge is 0.124 e. The van der Waals surface area contributed by atoms with Gasteiger partial charge in [-0.15, -0.1) is 11.8 Å². The summed E-state index contributed by atoms with van der Waals surface area (Å²) in [5, 5.41) is 3.63. The normalized spacial score (nSPS) is 21.1. The van der Waals surface area contributed by atoms with Crippen molar-refractivity contribution in [3.05, 3.63) is 59.9 Å². The maximum absolute atomic E-state index is 13.0. The predicted octanol–water partition coefficient (Wildman–Crippen LogP) is 3.64. The fourth-order valence-corrected chi connectivity index (χ4v) is 3.67. The van der Waals surface area contributed by atoms with Crippen molar-refractivity contribution >= 4 is 11.8 Å². The molecule has 0 saturated carbocycles. The molecule has 20 heavy (non-hydrogen) atoms. The highest BCUT2D eigenvalue weighted by molar-refractivity contribution is 8.00. The van der Waals surface area contributed by atoms with E-state index in [1.165, 1.54) is 17.7 Å². The van der Waals surface area contributed by atoms with Crippen molar-refractivity contribution in [2.24, 2.45) is 0 Å². The lowest BCUT2D eigenvalue weighted by molar-refractivity contribution is 0.265. The van der Waals surface area contributed by atoms with E-state index in [0.29, 0.717) is 6.61 Å². The molecule has 2 aromatic rings. The van der Waals surface area contributed by atoms with Crippen LogP contribution in [0.5, 0.6) is 5.75 Å². The molecule has 0 aliphatic carbocycles. The second-order valence-electron chi connectivity index (χ2n) is 4.73. The summed E-state index contributed by atoms with van der Waals surface area (Å²) in [6.07, 6.45) is 0. The number of thioether (sulfide) groups is 1. The lowest BCUT2D eigenvalue weighted by Crippen LogP contribution is -2.35. The molecule has 0 radical (unpaired) electrons. The Labute approximate surface area is 122 Å². The molecule has 1 aliphatic heterocycles. The number of benzene rings is 2. The molecule has 0 saturated heterocycles. The van der Waals surface area contributed by atoms with Gasteiger partial charge < -0.3 is 10.1 Å². The molecule has 1 N–H and O–H groups in total. The van der Waals surface area contributed by atoms with Crippen LogP contribution >= 0.6 is 11.8 Å². The molecular formula is C16H16FNOS. The van der Waals surface area contributed by atoms with E-state index in [1.54, 1.807) is 11.8 Å². The Balaban J connectivity index is 1.82. The molecule has 1 aliphatic rings. The van der Waals surface area contributed by atoms with E-state index in [-0.39, 0.29) is 17.1 Å². The van der Waals surface area contributed by atoms with Crippen molar-refractivity contribution in [2.75, 3.05) is 13.7 Å². The molecule has 0 amide bonds. The predicted molar refractivity (Wildman–Crippen MR) is 79.8 cm³/mol. The van der Waals surface area contributed by atoms with Crippen LogP contribution in [0.25, 0.3) is 0 Å². The fraction of sp³-hybridized carbons (Fsp3) is 0.250. The van der Waals surface area contributed by atoms with Crippen LogP contribution in [0.15, 0.2) is 53.4 Å². The summed E-state index contributed by atoms with van der Waals surface area (Å²) in [7, 11) is 1.96. The molecule has 0 fully saturated rings. The Morgan fingerprint density at radius 1 is 1.15 bits per heavy atom. The standard InChI is InChI=1S/C16H16FNOS/c1-18-16-13-4-2-3-5-14(13)19-10-15(16)20-12-8-6-11(17)7-9-12/h2-9,15-16,18H,10H2,1H3.